The lowest BCUT2D eigenvalue weighted by atomic mass is 10.1. The predicted octanol–water partition coefficient (Wildman–Crippen LogP) is 3.06. The van der Waals surface area contributed by atoms with E-state index in [2.05, 4.69) is 6.58 Å². The third-order valence-corrected chi connectivity index (χ3v) is 8.07. The van der Waals surface area contributed by atoms with Gasteiger partial charge in [-0.15, -0.1) is 6.58 Å². The first-order valence-electron chi connectivity index (χ1n) is 5.09. The molecule has 6 nitrogen and oxygen atoms in total. The van der Waals surface area contributed by atoms with Gasteiger partial charge in [-0.2, -0.15) is 0 Å². The minimum atomic E-state index is -4.64. The Morgan fingerprint density at radius 2 is 2.00 bits per heavy atom. The van der Waals surface area contributed by atoms with E-state index in [0.717, 1.165) is 12.8 Å². The average molecular weight is 304 g/mol. The van der Waals surface area contributed by atoms with Crippen LogP contribution in [0.2, 0.25) is 0 Å². The molecule has 3 N–H and O–H groups in total. The fraction of sp³-hybridized carbons (Fsp3) is 0.750. The Hall–Kier alpha value is 0.390. The summed E-state index contributed by atoms with van der Waals surface area (Å²) in [4.78, 5) is 26.5. The molecule has 0 heterocycles. The number of hydrogen-bond acceptors (Lipinski definition) is 4. The monoisotopic (exact) mass is 304 g/mol. The molecular weight excluding hydrogens is 286 g/mol. The van der Waals surface area contributed by atoms with E-state index in [-0.39, 0.29) is 11.0 Å². The first kappa shape index (κ1) is 17.4. The minimum absolute atomic E-state index is 0.332. The van der Waals surface area contributed by atoms with Gasteiger partial charge in [0.15, 0.2) is 0 Å². The smallest absolute Gasteiger partial charge is 0.316 e. The van der Waals surface area contributed by atoms with Gasteiger partial charge in [-0.25, -0.2) is 9.13 Å². The molecule has 0 amide bonds. The van der Waals surface area contributed by atoms with Gasteiger partial charge in [-0.3, -0.25) is 4.52 Å². The minimum Gasteiger partial charge on any atom is -0.316 e. The summed E-state index contributed by atoms with van der Waals surface area (Å²) in [5.74, 6) is 0. The van der Waals surface area contributed by atoms with Gasteiger partial charge in [0.2, 0.25) is 0 Å². The summed E-state index contributed by atoms with van der Waals surface area (Å²) in [6.07, 6.45) is 3.63. The van der Waals surface area contributed by atoms with Crippen LogP contribution in [0.25, 0.3) is 0 Å². The molecule has 2 atom stereocenters. The number of hydrogen-bond donors (Lipinski definition) is 3. The third kappa shape index (κ3) is 10.0. The summed E-state index contributed by atoms with van der Waals surface area (Å²) in [5.41, 5.74) is 0. The van der Waals surface area contributed by atoms with Gasteiger partial charge < -0.3 is 14.7 Å². The van der Waals surface area contributed by atoms with Crippen LogP contribution in [-0.2, 0) is 13.7 Å². The predicted molar refractivity (Wildman–Crippen MR) is 68.7 cm³/mol. The highest BCUT2D eigenvalue weighted by atomic mass is 33.1. The SMILES string of the molecule is C=CCC(CCCC)OP(=O)(O)SP(=O)(O)O. The van der Waals surface area contributed by atoms with Crippen molar-refractivity contribution in [3.63, 3.8) is 0 Å². The highest BCUT2D eigenvalue weighted by Gasteiger charge is 2.34. The molecule has 102 valence electrons. The van der Waals surface area contributed by atoms with E-state index in [0.29, 0.717) is 12.8 Å². The van der Waals surface area contributed by atoms with E-state index >= 15 is 0 Å². The Bertz CT molecular complexity index is 328. The molecule has 0 aromatic carbocycles. The van der Waals surface area contributed by atoms with Crippen molar-refractivity contribution < 1.29 is 28.3 Å². The zero-order chi connectivity index (χ0) is 13.5. The lowest BCUT2D eigenvalue weighted by Gasteiger charge is -2.19. The highest BCUT2D eigenvalue weighted by Crippen LogP contribution is 2.73. The Kier molecular flexibility index (Phi) is 7.92. The number of rotatable bonds is 9. The molecule has 9 heteroatoms. The Morgan fingerprint density at radius 3 is 2.41 bits per heavy atom. The molecule has 0 radical (unpaired) electrons. The van der Waals surface area contributed by atoms with Crippen molar-refractivity contribution in [3.8, 4) is 0 Å². The van der Waals surface area contributed by atoms with Crippen LogP contribution >= 0.6 is 24.6 Å². The Labute approximate surface area is 105 Å². The molecule has 0 aromatic heterocycles. The normalized spacial score (nSPS) is 17.4. The number of unbranched alkanes of at least 4 members (excludes halogenated alkanes) is 1. The van der Waals surface area contributed by atoms with E-state index in [1.54, 1.807) is 6.08 Å². The van der Waals surface area contributed by atoms with Crippen LogP contribution in [-0.4, -0.2) is 20.8 Å². The summed E-state index contributed by atoms with van der Waals surface area (Å²) in [6.45, 7) is -3.50. The summed E-state index contributed by atoms with van der Waals surface area (Å²) in [5, 5.41) is 0. The zero-order valence-corrected chi connectivity index (χ0v) is 12.2. The quantitative estimate of drug-likeness (QED) is 0.444. The van der Waals surface area contributed by atoms with E-state index in [4.69, 9.17) is 14.3 Å². The molecule has 0 bridgehead atoms. The van der Waals surface area contributed by atoms with Crippen molar-refractivity contribution >= 4 is 24.6 Å². The van der Waals surface area contributed by atoms with E-state index in [1.807, 2.05) is 6.92 Å². The molecule has 0 rings (SSSR count). The van der Waals surface area contributed by atoms with Crippen LogP contribution in [0.1, 0.15) is 32.6 Å². The van der Waals surface area contributed by atoms with Crippen LogP contribution in [0.3, 0.4) is 0 Å². The maximum atomic E-state index is 11.4. The van der Waals surface area contributed by atoms with Gasteiger partial charge in [-0.05, 0) is 12.8 Å². The van der Waals surface area contributed by atoms with Crippen LogP contribution in [0, 0.1) is 0 Å². The third-order valence-electron chi connectivity index (χ3n) is 1.80. The second-order valence-corrected chi connectivity index (χ2v) is 10.5. The van der Waals surface area contributed by atoms with Gasteiger partial charge in [0.05, 0.1) is 17.1 Å². The van der Waals surface area contributed by atoms with Gasteiger partial charge in [0, 0.05) is 0 Å². The summed E-state index contributed by atoms with van der Waals surface area (Å²) in [7, 11) is 0. The maximum absolute atomic E-state index is 11.4. The van der Waals surface area contributed by atoms with Crippen molar-refractivity contribution in [1.82, 2.24) is 0 Å². The first-order valence-corrected chi connectivity index (χ1v) is 10.3. The molecule has 0 aromatic rings. The molecule has 2 unspecified atom stereocenters. The lowest BCUT2D eigenvalue weighted by molar-refractivity contribution is 0.175. The van der Waals surface area contributed by atoms with Crippen LogP contribution in [0.5, 0.6) is 0 Å². The van der Waals surface area contributed by atoms with Crippen LogP contribution in [0.4, 0.5) is 0 Å². The fourth-order valence-corrected chi connectivity index (χ4v) is 6.10. The first-order chi connectivity index (χ1) is 7.70. The molecule has 0 aliphatic carbocycles. The van der Waals surface area contributed by atoms with Crippen molar-refractivity contribution in [3.05, 3.63) is 12.7 Å². The molecule has 0 saturated heterocycles. The second kappa shape index (κ2) is 7.74. The van der Waals surface area contributed by atoms with Gasteiger partial charge in [-0.1, -0.05) is 25.8 Å². The van der Waals surface area contributed by atoms with Crippen LogP contribution < -0.4 is 0 Å². The molecule has 0 fully saturated rings. The maximum Gasteiger partial charge on any atom is 0.398 e. The Balaban J connectivity index is 4.45. The van der Waals surface area contributed by atoms with E-state index < -0.39 is 19.7 Å². The molecule has 0 aliphatic rings. The highest BCUT2D eigenvalue weighted by molar-refractivity contribution is 8.84. The molecule has 0 aliphatic heterocycles. The molecular formula is C8H18O6P2S. The van der Waals surface area contributed by atoms with Gasteiger partial charge in [0.25, 0.3) is 0 Å². The lowest BCUT2D eigenvalue weighted by Crippen LogP contribution is -2.09. The van der Waals surface area contributed by atoms with E-state index in [1.165, 1.54) is 0 Å². The molecule has 17 heavy (non-hydrogen) atoms. The standard InChI is InChI=1S/C8H18O6P2S/c1-3-5-7-8(6-4-2)14-16(12,13)17-15(9,10)11/h4,8H,2-3,5-7H2,1H3,(H,12,13)(H2,9,10,11). The molecule has 0 saturated carbocycles. The van der Waals surface area contributed by atoms with Crippen molar-refractivity contribution in [2.75, 3.05) is 0 Å². The summed E-state index contributed by atoms with van der Waals surface area (Å²) in [6, 6.07) is 0. The van der Waals surface area contributed by atoms with Crippen molar-refractivity contribution in [2.24, 2.45) is 0 Å². The van der Waals surface area contributed by atoms with Crippen molar-refractivity contribution in [1.29, 1.82) is 0 Å². The second-order valence-electron chi connectivity index (χ2n) is 3.43. The summed E-state index contributed by atoms with van der Waals surface area (Å²) >= 11 is -0.332. The topological polar surface area (TPSA) is 104 Å². The summed E-state index contributed by atoms with van der Waals surface area (Å²) < 4.78 is 26.9. The van der Waals surface area contributed by atoms with Crippen molar-refractivity contribution in [2.45, 2.75) is 38.7 Å². The zero-order valence-electron chi connectivity index (χ0n) is 9.56. The fourth-order valence-electron chi connectivity index (χ4n) is 1.17. The van der Waals surface area contributed by atoms with Crippen LogP contribution in [0.15, 0.2) is 12.7 Å². The van der Waals surface area contributed by atoms with Gasteiger partial charge in [0.1, 0.15) is 0 Å². The van der Waals surface area contributed by atoms with Gasteiger partial charge >= 0.3 is 13.6 Å². The van der Waals surface area contributed by atoms with E-state index in [9.17, 15) is 14.0 Å². The Morgan fingerprint density at radius 1 is 1.41 bits per heavy atom. The largest absolute Gasteiger partial charge is 0.398 e. The molecule has 0 spiro atoms. The average Bonchev–Trinajstić information content (AvgIpc) is 2.09.